The molecule has 0 spiro atoms. The second-order valence-electron chi connectivity index (χ2n) is 15.0. The van der Waals surface area contributed by atoms with E-state index in [1.807, 2.05) is 0 Å². The number of sulfone groups is 1. The quantitative estimate of drug-likeness (QED) is 0.211. The van der Waals surface area contributed by atoms with Crippen LogP contribution in [0.5, 0.6) is 0 Å². The van der Waals surface area contributed by atoms with Crippen molar-refractivity contribution in [3.05, 3.63) is 41.7 Å². The topological polar surface area (TPSA) is 247 Å². The molecule has 3 unspecified atom stereocenters. The van der Waals surface area contributed by atoms with Crippen molar-refractivity contribution in [2.24, 2.45) is 23.3 Å². The van der Waals surface area contributed by atoms with Gasteiger partial charge in [-0.3, -0.25) is 24.0 Å². The van der Waals surface area contributed by atoms with Gasteiger partial charge >= 0.3 is 5.76 Å². The molecule has 5 rings (SSSR count). The summed E-state index contributed by atoms with van der Waals surface area (Å²) in [7, 11) is -4.91. The number of carbonyl (C=O) groups excluding carboxylic acids is 5. The first kappa shape index (κ1) is 40.8. The summed E-state index contributed by atoms with van der Waals surface area (Å²) in [6.07, 6.45) is 5.40. The van der Waals surface area contributed by atoms with E-state index in [-0.39, 0.29) is 49.6 Å². The third-order valence-corrected chi connectivity index (χ3v) is 12.4. The first-order valence-electron chi connectivity index (χ1n) is 18.0. The molecule has 6 N–H and O–H groups in total. The maximum atomic E-state index is 14.8. The predicted octanol–water partition coefficient (Wildman–Crippen LogP) is 1.29. The highest BCUT2D eigenvalue weighted by atomic mass is 32.2. The molecule has 3 heterocycles. The molecular weight excluding hydrogens is 732 g/mol. The Balaban J connectivity index is 1.54. The number of aromatic nitrogens is 3. The number of rotatable bonds is 13. The summed E-state index contributed by atoms with van der Waals surface area (Å²) in [5.74, 6) is -8.62. The minimum Gasteiger partial charge on any atom is -0.384 e. The van der Waals surface area contributed by atoms with Gasteiger partial charge < -0.3 is 31.5 Å². The van der Waals surface area contributed by atoms with Gasteiger partial charge in [0.2, 0.25) is 27.4 Å². The van der Waals surface area contributed by atoms with Crippen LogP contribution in [-0.2, 0) is 44.9 Å². The van der Waals surface area contributed by atoms with Crippen LogP contribution in [0, 0.1) is 11.8 Å². The fraction of sp³-hybridized carbons (Fsp3) is 0.629. The van der Waals surface area contributed by atoms with Crippen LogP contribution < -0.4 is 16.8 Å². The van der Waals surface area contributed by atoms with Gasteiger partial charge in [0.15, 0.2) is 0 Å². The van der Waals surface area contributed by atoms with Crippen molar-refractivity contribution in [3.8, 4) is 0 Å². The van der Waals surface area contributed by atoms with Crippen molar-refractivity contribution < 1.29 is 51.0 Å². The average molecular weight is 780 g/mol. The minimum atomic E-state index is -4.91. The Bertz CT molecular complexity index is 1840. The molecule has 1 saturated carbocycles. The molecule has 16 nitrogen and oxygen atoms in total. The highest BCUT2D eigenvalue weighted by Crippen LogP contribution is 2.46. The van der Waals surface area contributed by atoms with Crippen molar-refractivity contribution in [1.82, 2.24) is 25.2 Å². The Labute approximate surface area is 311 Å². The molecule has 5 atom stereocenters. The molecule has 0 radical (unpaired) electrons. The number of nitrogens with two attached hydrogens (primary N) is 2. The van der Waals surface area contributed by atoms with Crippen LogP contribution >= 0.6 is 0 Å². The Morgan fingerprint density at radius 3 is 2.31 bits per heavy atom. The standard InChI is InChI=1S/C35H47F2N7O9S/c1-34(2,50)27-18-40-42-44(27)35(22-9-6-14-53-26(16-22)28(45)30(39)47)17-25(29(38)46)43(19-35)32(49)24(15-20-7-4-3-5-8-20)41-31(48)21-10-12-23(13-11-21)54(51,52)33(36)37/h10-13,18,20,22,24-26,33,50H,3-9,14-17,19H2,1-2H3,(H2,38,46)(H2,39,47)(H,41,48)/t22?,24-,25-,26?,35?/m1/s1. The van der Waals surface area contributed by atoms with Crippen molar-refractivity contribution in [3.63, 3.8) is 0 Å². The lowest BCUT2D eigenvalue weighted by Crippen LogP contribution is -2.54. The summed E-state index contributed by atoms with van der Waals surface area (Å²) in [6, 6.07) is 1.46. The Hall–Kier alpha value is -4.36. The highest BCUT2D eigenvalue weighted by molar-refractivity contribution is 7.91. The number of amides is 4. The van der Waals surface area contributed by atoms with Crippen LogP contribution in [0.15, 0.2) is 35.4 Å². The first-order valence-corrected chi connectivity index (χ1v) is 19.5. The summed E-state index contributed by atoms with van der Waals surface area (Å²) in [5, 5.41) is 22.3. The number of Topliss-reactive ketones (excluding diaryl/α,β-unsaturated/α-hetero) is 1. The summed E-state index contributed by atoms with van der Waals surface area (Å²) in [6.45, 7) is 2.93. The molecule has 54 heavy (non-hydrogen) atoms. The lowest BCUT2D eigenvalue weighted by atomic mass is 9.75. The van der Waals surface area contributed by atoms with Gasteiger partial charge in [-0.15, -0.1) is 5.10 Å². The van der Waals surface area contributed by atoms with Crippen molar-refractivity contribution >= 4 is 39.2 Å². The Morgan fingerprint density at radius 2 is 1.72 bits per heavy atom. The molecule has 2 aliphatic heterocycles. The van der Waals surface area contributed by atoms with Crippen LogP contribution in [0.3, 0.4) is 0 Å². The third-order valence-electron chi connectivity index (χ3n) is 11.0. The monoisotopic (exact) mass is 779 g/mol. The normalized spacial score (nSPS) is 24.9. The van der Waals surface area contributed by atoms with E-state index < -0.39 is 85.1 Å². The Kier molecular flexibility index (Phi) is 12.2. The number of carbonyl (C=O) groups is 5. The van der Waals surface area contributed by atoms with Crippen LogP contribution in [0.2, 0.25) is 0 Å². The molecule has 19 heteroatoms. The second-order valence-corrected chi connectivity index (χ2v) is 17.0. The lowest BCUT2D eigenvalue weighted by molar-refractivity contribution is -0.143. The number of alkyl halides is 2. The van der Waals surface area contributed by atoms with Crippen molar-refractivity contribution in [1.29, 1.82) is 0 Å². The highest BCUT2D eigenvalue weighted by Gasteiger charge is 2.57. The zero-order chi connectivity index (χ0) is 39.6. The predicted molar refractivity (Wildman–Crippen MR) is 186 cm³/mol. The van der Waals surface area contributed by atoms with Crippen LogP contribution in [-0.4, -0.2) is 99.9 Å². The molecule has 4 amide bonds. The second kappa shape index (κ2) is 16.2. The third kappa shape index (κ3) is 8.47. The van der Waals surface area contributed by atoms with Gasteiger partial charge in [0, 0.05) is 25.1 Å². The number of primary amides is 2. The van der Waals surface area contributed by atoms with Gasteiger partial charge in [0.05, 0.1) is 22.3 Å². The number of halogens is 2. The van der Waals surface area contributed by atoms with Gasteiger partial charge in [-0.25, -0.2) is 13.1 Å². The summed E-state index contributed by atoms with van der Waals surface area (Å²) in [4.78, 5) is 67.2. The number of nitrogens with zero attached hydrogens (tertiary/aromatic N) is 4. The number of ether oxygens (including phenoxy) is 1. The average Bonchev–Trinajstić information content (AvgIpc) is 3.72. The molecule has 2 aromatic rings. The molecule has 1 aromatic carbocycles. The van der Waals surface area contributed by atoms with E-state index in [0.717, 1.165) is 56.4 Å². The fourth-order valence-corrected chi connectivity index (χ4v) is 8.87. The van der Waals surface area contributed by atoms with Gasteiger partial charge in [0.1, 0.15) is 23.8 Å². The number of ketones is 1. The number of hydrogen-bond acceptors (Lipinski definition) is 11. The van der Waals surface area contributed by atoms with E-state index in [0.29, 0.717) is 12.8 Å². The number of hydrogen-bond donors (Lipinski definition) is 4. The van der Waals surface area contributed by atoms with E-state index in [1.54, 1.807) is 0 Å². The molecule has 0 bridgehead atoms. The van der Waals surface area contributed by atoms with Crippen molar-refractivity contribution in [2.75, 3.05) is 13.2 Å². The molecule has 3 aliphatic rings. The van der Waals surface area contributed by atoms with E-state index in [2.05, 4.69) is 15.6 Å². The molecular formula is C35H47F2N7O9S. The molecule has 296 valence electrons. The zero-order valence-electron chi connectivity index (χ0n) is 30.2. The number of aliphatic hydroxyl groups is 1. The van der Waals surface area contributed by atoms with Crippen molar-refractivity contribution in [2.45, 2.75) is 118 Å². The number of benzene rings is 1. The zero-order valence-corrected chi connectivity index (χ0v) is 31.0. The number of likely N-dealkylation sites (tertiary alicyclic amines) is 1. The minimum absolute atomic E-state index is 0.0302. The molecule has 3 fully saturated rings. The smallest absolute Gasteiger partial charge is 0.341 e. The van der Waals surface area contributed by atoms with Gasteiger partial charge in [-0.2, -0.15) is 8.78 Å². The van der Waals surface area contributed by atoms with E-state index in [9.17, 15) is 46.3 Å². The van der Waals surface area contributed by atoms with E-state index in [4.69, 9.17) is 16.2 Å². The van der Waals surface area contributed by atoms with E-state index in [1.165, 1.54) is 29.6 Å². The summed E-state index contributed by atoms with van der Waals surface area (Å²) < 4.78 is 57.4. The summed E-state index contributed by atoms with van der Waals surface area (Å²) >= 11 is 0. The Morgan fingerprint density at radius 1 is 1.06 bits per heavy atom. The lowest BCUT2D eigenvalue weighted by Gasteiger charge is -2.40. The van der Waals surface area contributed by atoms with Crippen LogP contribution in [0.1, 0.15) is 94.1 Å². The molecule has 2 saturated heterocycles. The van der Waals surface area contributed by atoms with Crippen LogP contribution in [0.4, 0.5) is 8.78 Å². The maximum Gasteiger partial charge on any atom is 0.341 e. The SMILES string of the molecule is CC(C)(O)c1cnnn1C1(C2CCCOC(C(=O)C(N)=O)C2)C[C@H](C(N)=O)N(C(=O)[C@@H](CC2CCCCC2)NC(=O)c2ccc(S(=O)(=O)C(F)F)cc2)C1. The van der Waals surface area contributed by atoms with Gasteiger partial charge in [-0.05, 0) is 75.6 Å². The molecule has 1 aliphatic carbocycles. The largest absolute Gasteiger partial charge is 0.384 e. The van der Waals surface area contributed by atoms with Gasteiger partial charge in [0.25, 0.3) is 11.8 Å². The van der Waals surface area contributed by atoms with Crippen LogP contribution in [0.25, 0.3) is 0 Å². The first-order chi connectivity index (χ1) is 25.4. The molecule has 1 aromatic heterocycles. The number of nitrogens with one attached hydrogen (secondary N) is 1. The fourth-order valence-electron chi connectivity index (χ4n) is 8.15. The van der Waals surface area contributed by atoms with E-state index >= 15 is 0 Å². The summed E-state index contributed by atoms with van der Waals surface area (Å²) in [5.41, 5.74) is 8.65. The van der Waals surface area contributed by atoms with Gasteiger partial charge in [-0.1, -0.05) is 37.3 Å². The maximum absolute atomic E-state index is 14.8.